The van der Waals surface area contributed by atoms with E-state index >= 15 is 0 Å². The second kappa shape index (κ2) is 8.40. The molecule has 1 amide bonds. The fraction of sp³-hybridized carbons (Fsp3) is 0.529. The van der Waals surface area contributed by atoms with Gasteiger partial charge in [0, 0.05) is 39.1 Å². The zero-order valence-corrected chi connectivity index (χ0v) is 13.1. The van der Waals surface area contributed by atoms with Crippen molar-refractivity contribution in [2.75, 3.05) is 39.3 Å². The fourth-order valence-electron chi connectivity index (χ4n) is 2.52. The standard InChI is InChI=1S/C17H23N3O2/c1-2-15-5-3-6-16(13-15)22-14-17(21)20-11-9-19(10-12-20)8-4-7-18/h3,5-6,13H,2,4,8-12,14H2,1H3. The molecule has 2 rings (SSSR count). The Hall–Kier alpha value is -2.06. The second-order valence-electron chi connectivity index (χ2n) is 5.42. The lowest BCUT2D eigenvalue weighted by atomic mass is 10.2. The maximum atomic E-state index is 12.2. The van der Waals surface area contributed by atoms with Gasteiger partial charge in [0.25, 0.3) is 5.91 Å². The molecule has 1 saturated heterocycles. The smallest absolute Gasteiger partial charge is 0.260 e. The van der Waals surface area contributed by atoms with Crippen LogP contribution in [-0.4, -0.2) is 55.0 Å². The van der Waals surface area contributed by atoms with Crippen LogP contribution in [0.4, 0.5) is 0 Å². The van der Waals surface area contributed by atoms with Crippen LogP contribution in [0.3, 0.4) is 0 Å². The van der Waals surface area contributed by atoms with Gasteiger partial charge in [0.1, 0.15) is 5.75 Å². The zero-order valence-electron chi connectivity index (χ0n) is 13.1. The Bertz CT molecular complexity index is 531. The van der Waals surface area contributed by atoms with E-state index < -0.39 is 0 Å². The lowest BCUT2D eigenvalue weighted by Gasteiger charge is -2.34. The summed E-state index contributed by atoms with van der Waals surface area (Å²) in [5.41, 5.74) is 1.20. The number of amides is 1. The van der Waals surface area contributed by atoms with Crippen LogP contribution >= 0.6 is 0 Å². The molecule has 0 atom stereocenters. The molecule has 1 aromatic carbocycles. The third-order valence-corrected chi connectivity index (χ3v) is 3.93. The van der Waals surface area contributed by atoms with E-state index in [1.807, 2.05) is 23.1 Å². The van der Waals surface area contributed by atoms with E-state index in [4.69, 9.17) is 10.00 Å². The molecule has 0 unspecified atom stereocenters. The minimum Gasteiger partial charge on any atom is -0.484 e. The average molecular weight is 301 g/mol. The van der Waals surface area contributed by atoms with E-state index in [0.717, 1.165) is 31.8 Å². The predicted octanol–water partition coefficient (Wildman–Crippen LogP) is 1.69. The maximum absolute atomic E-state index is 12.2. The van der Waals surface area contributed by atoms with Crippen molar-refractivity contribution in [3.63, 3.8) is 0 Å². The summed E-state index contributed by atoms with van der Waals surface area (Å²) in [7, 11) is 0. The van der Waals surface area contributed by atoms with Crippen molar-refractivity contribution in [1.29, 1.82) is 5.26 Å². The van der Waals surface area contributed by atoms with Crippen LogP contribution in [-0.2, 0) is 11.2 Å². The van der Waals surface area contributed by atoms with E-state index in [1.165, 1.54) is 5.56 Å². The van der Waals surface area contributed by atoms with Crippen LogP contribution in [0.2, 0.25) is 0 Å². The molecule has 0 radical (unpaired) electrons. The van der Waals surface area contributed by atoms with Gasteiger partial charge in [-0.2, -0.15) is 5.26 Å². The molecule has 1 aliphatic heterocycles. The van der Waals surface area contributed by atoms with Gasteiger partial charge in [0.15, 0.2) is 6.61 Å². The first-order chi connectivity index (χ1) is 10.7. The quantitative estimate of drug-likeness (QED) is 0.802. The molecule has 1 heterocycles. The van der Waals surface area contributed by atoms with Gasteiger partial charge in [-0.05, 0) is 24.1 Å². The topological polar surface area (TPSA) is 56.6 Å². The number of nitrogens with zero attached hydrogens (tertiary/aromatic N) is 3. The number of benzene rings is 1. The molecule has 5 heteroatoms. The fourth-order valence-corrected chi connectivity index (χ4v) is 2.52. The molecule has 0 spiro atoms. The van der Waals surface area contributed by atoms with E-state index in [0.29, 0.717) is 19.5 Å². The first-order valence-corrected chi connectivity index (χ1v) is 7.81. The number of nitriles is 1. The predicted molar refractivity (Wildman–Crippen MR) is 84.6 cm³/mol. The molecule has 5 nitrogen and oxygen atoms in total. The Morgan fingerprint density at radius 1 is 1.32 bits per heavy atom. The molecule has 0 saturated carbocycles. The zero-order chi connectivity index (χ0) is 15.8. The Kier molecular flexibility index (Phi) is 6.23. The number of hydrogen-bond acceptors (Lipinski definition) is 4. The first-order valence-electron chi connectivity index (χ1n) is 7.81. The lowest BCUT2D eigenvalue weighted by molar-refractivity contribution is -0.135. The Morgan fingerprint density at radius 2 is 2.09 bits per heavy atom. The highest BCUT2D eigenvalue weighted by Crippen LogP contribution is 2.14. The number of aryl methyl sites for hydroxylation is 1. The molecule has 1 aromatic rings. The summed E-state index contributed by atoms with van der Waals surface area (Å²) in [5.74, 6) is 0.780. The van der Waals surface area contributed by atoms with E-state index in [2.05, 4.69) is 24.0 Å². The molecule has 118 valence electrons. The van der Waals surface area contributed by atoms with E-state index in [9.17, 15) is 4.79 Å². The second-order valence-corrected chi connectivity index (χ2v) is 5.42. The first kappa shape index (κ1) is 16.3. The largest absolute Gasteiger partial charge is 0.484 e. The number of carbonyl (C=O) groups is 1. The van der Waals surface area contributed by atoms with Crippen molar-refractivity contribution in [2.45, 2.75) is 19.8 Å². The highest BCUT2D eigenvalue weighted by molar-refractivity contribution is 5.77. The van der Waals surface area contributed by atoms with E-state index in [-0.39, 0.29) is 12.5 Å². The number of carbonyl (C=O) groups excluding carboxylic acids is 1. The van der Waals surface area contributed by atoms with Gasteiger partial charge >= 0.3 is 0 Å². The summed E-state index contributed by atoms with van der Waals surface area (Å²) in [6.45, 7) is 6.06. The Labute approximate surface area is 132 Å². The van der Waals surface area contributed by atoms with Crippen molar-refractivity contribution < 1.29 is 9.53 Å². The summed E-state index contributed by atoms with van der Waals surface area (Å²) >= 11 is 0. The van der Waals surface area contributed by atoms with Crippen LogP contribution in [0.5, 0.6) is 5.75 Å². The van der Waals surface area contributed by atoms with E-state index in [1.54, 1.807) is 0 Å². The van der Waals surface area contributed by atoms with Crippen LogP contribution < -0.4 is 4.74 Å². The van der Waals surface area contributed by atoms with Crippen molar-refractivity contribution in [3.05, 3.63) is 29.8 Å². The molecule has 0 aromatic heterocycles. The van der Waals surface area contributed by atoms with Crippen LogP contribution in [0.1, 0.15) is 18.9 Å². The number of hydrogen-bond donors (Lipinski definition) is 0. The molecule has 0 N–H and O–H groups in total. The highest BCUT2D eigenvalue weighted by atomic mass is 16.5. The van der Waals surface area contributed by atoms with Crippen LogP contribution in [0.15, 0.2) is 24.3 Å². The normalized spacial score (nSPS) is 15.4. The maximum Gasteiger partial charge on any atom is 0.260 e. The van der Waals surface area contributed by atoms with Crippen LogP contribution in [0, 0.1) is 11.3 Å². The van der Waals surface area contributed by atoms with Gasteiger partial charge in [-0.25, -0.2) is 0 Å². The molecule has 22 heavy (non-hydrogen) atoms. The van der Waals surface area contributed by atoms with Crippen molar-refractivity contribution in [1.82, 2.24) is 9.80 Å². The Morgan fingerprint density at radius 3 is 2.77 bits per heavy atom. The Balaban J connectivity index is 1.75. The summed E-state index contributed by atoms with van der Waals surface area (Å²) in [6.07, 6.45) is 1.50. The van der Waals surface area contributed by atoms with Gasteiger partial charge in [0.05, 0.1) is 6.07 Å². The third-order valence-electron chi connectivity index (χ3n) is 3.93. The molecule has 1 aliphatic rings. The molecule has 1 fully saturated rings. The third kappa shape index (κ3) is 4.74. The number of piperazine rings is 1. The van der Waals surface area contributed by atoms with Crippen molar-refractivity contribution in [3.8, 4) is 11.8 Å². The lowest BCUT2D eigenvalue weighted by Crippen LogP contribution is -2.50. The van der Waals surface area contributed by atoms with Crippen LogP contribution in [0.25, 0.3) is 0 Å². The molecular formula is C17H23N3O2. The van der Waals surface area contributed by atoms with Crippen molar-refractivity contribution in [2.24, 2.45) is 0 Å². The summed E-state index contributed by atoms with van der Waals surface area (Å²) < 4.78 is 5.61. The van der Waals surface area contributed by atoms with Gasteiger partial charge in [-0.1, -0.05) is 19.1 Å². The minimum absolute atomic E-state index is 0.0295. The van der Waals surface area contributed by atoms with Crippen molar-refractivity contribution >= 4 is 5.91 Å². The van der Waals surface area contributed by atoms with Gasteiger partial charge in [-0.15, -0.1) is 0 Å². The SMILES string of the molecule is CCc1cccc(OCC(=O)N2CCN(CCC#N)CC2)c1. The number of rotatable bonds is 6. The summed E-state index contributed by atoms with van der Waals surface area (Å²) in [5, 5.41) is 8.59. The average Bonchev–Trinajstić information content (AvgIpc) is 2.58. The number of ether oxygens (including phenoxy) is 1. The molecule has 0 bridgehead atoms. The minimum atomic E-state index is 0.0295. The molecular weight excluding hydrogens is 278 g/mol. The summed E-state index contributed by atoms with van der Waals surface area (Å²) in [4.78, 5) is 16.2. The summed E-state index contributed by atoms with van der Waals surface area (Å²) in [6, 6.07) is 10.0. The highest BCUT2D eigenvalue weighted by Gasteiger charge is 2.20. The monoisotopic (exact) mass is 301 g/mol. The van der Waals surface area contributed by atoms with Gasteiger partial charge < -0.3 is 9.64 Å². The van der Waals surface area contributed by atoms with Gasteiger partial charge in [0.2, 0.25) is 0 Å². The molecule has 0 aliphatic carbocycles. The van der Waals surface area contributed by atoms with Gasteiger partial charge in [-0.3, -0.25) is 9.69 Å².